The van der Waals surface area contributed by atoms with Crippen LogP contribution in [0.15, 0.2) is 18.3 Å². The molecule has 2 N–H and O–H groups in total. The average Bonchev–Trinajstić information content (AvgIpc) is 2.96. The Balaban J connectivity index is 1.74. The molecule has 2 aromatic rings. The van der Waals surface area contributed by atoms with Gasteiger partial charge in [-0.3, -0.25) is 4.68 Å². The summed E-state index contributed by atoms with van der Waals surface area (Å²) in [7, 11) is 0. The van der Waals surface area contributed by atoms with Gasteiger partial charge in [-0.2, -0.15) is 0 Å². The van der Waals surface area contributed by atoms with E-state index in [9.17, 15) is 0 Å². The SMILES string of the molecule is Cc1ccc(CNCc2cn(CCCO)nn2)s1. The molecule has 0 bridgehead atoms. The molecule has 0 fully saturated rings. The van der Waals surface area contributed by atoms with Crippen LogP contribution >= 0.6 is 11.3 Å². The van der Waals surface area contributed by atoms with E-state index in [2.05, 4.69) is 34.7 Å². The number of hydrogen-bond acceptors (Lipinski definition) is 5. The van der Waals surface area contributed by atoms with Gasteiger partial charge in [0, 0.05) is 42.2 Å². The highest BCUT2D eigenvalue weighted by molar-refractivity contribution is 7.11. The highest BCUT2D eigenvalue weighted by atomic mass is 32.1. The first kappa shape index (κ1) is 13.2. The average molecular weight is 266 g/mol. The van der Waals surface area contributed by atoms with Crippen molar-refractivity contribution in [3.63, 3.8) is 0 Å². The van der Waals surface area contributed by atoms with Crippen molar-refractivity contribution in [2.45, 2.75) is 33.0 Å². The lowest BCUT2D eigenvalue weighted by Gasteiger charge is -1.99. The van der Waals surface area contributed by atoms with Crippen LogP contribution in [-0.4, -0.2) is 26.7 Å². The van der Waals surface area contributed by atoms with E-state index in [1.807, 2.05) is 17.5 Å². The van der Waals surface area contributed by atoms with Crippen molar-refractivity contribution in [3.8, 4) is 0 Å². The van der Waals surface area contributed by atoms with Crippen LogP contribution in [0.25, 0.3) is 0 Å². The first-order valence-electron chi connectivity index (χ1n) is 6.04. The monoisotopic (exact) mass is 266 g/mol. The Morgan fingerprint density at radius 2 is 2.28 bits per heavy atom. The smallest absolute Gasteiger partial charge is 0.0964 e. The Labute approximate surface area is 110 Å². The second-order valence-electron chi connectivity index (χ2n) is 4.17. The van der Waals surface area contributed by atoms with Gasteiger partial charge in [0.1, 0.15) is 0 Å². The van der Waals surface area contributed by atoms with Gasteiger partial charge in [-0.15, -0.1) is 16.4 Å². The lowest BCUT2D eigenvalue weighted by Crippen LogP contribution is -2.12. The van der Waals surface area contributed by atoms with Crippen molar-refractivity contribution in [1.82, 2.24) is 20.3 Å². The van der Waals surface area contributed by atoms with Crippen molar-refractivity contribution in [2.75, 3.05) is 6.61 Å². The molecule has 0 aliphatic heterocycles. The van der Waals surface area contributed by atoms with Gasteiger partial charge < -0.3 is 10.4 Å². The molecule has 5 nitrogen and oxygen atoms in total. The number of aliphatic hydroxyl groups excluding tert-OH is 1. The van der Waals surface area contributed by atoms with E-state index in [1.165, 1.54) is 9.75 Å². The Hall–Kier alpha value is -1.24. The first-order chi connectivity index (χ1) is 8.78. The van der Waals surface area contributed by atoms with Crippen LogP contribution < -0.4 is 5.32 Å². The van der Waals surface area contributed by atoms with Crippen LogP contribution in [0, 0.1) is 6.92 Å². The number of aryl methyl sites for hydroxylation is 2. The summed E-state index contributed by atoms with van der Waals surface area (Å²) in [5, 5.41) is 20.2. The Morgan fingerprint density at radius 3 is 3.00 bits per heavy atom. The molecule has 0 spiro atoms. The zero-order valence-electron chi connectivity index (χ0n) is 10.5. The summed E-state index contributed by atoms with van der Waals surface area (Å²) in [6.07, 6.45) is 2.63. The molecular formula is C12H18N4OS. The van der Waals surface area contributed by atoms with Crippen LogP contribution in [0.5, 0.6) is 0 Å². The Morgan fingerprint density at radius 1 is 1.39 bits per heavy atom. The minimum absolute atomic E-state index is 0.186. The molecule has 2 aromatic heterocycles. The standard InChI is InChI=1S/C12H18N4OS/c1-10-3-4-12(18-10)8-13-7-11-9-16(15-14-11)5-2-6-17/h3-4,9,13,17H,2,5-8H2,1H3. The van der Waals surface area contributed by atoms with Gasteiger partial charge in [0.05, 0.1) is 5.69 Å². The molecule has 0 amide bonds. The quantitative estimate of drug-likeness (QED) is 0.793. The van der Waals surface area contributed by atoms with Crippen LogP contribution in [0.4, 0.5) is 0 Å². The molecule has 98 valence electrons. The maximum absolute atomic E-state index is 8.73. The van der Waals surface area contributed by atoms with E-state index < -0.39 is 0 Å². The fraction of sp³-hybridized carbons (Fsp3) is 0.500. The predicted octanol–water partition coefficient (Wildman–Crippen LogP) is 1.32. The highest BCUT2D eigenvalue weighted by Crippen LogP contribution is 2.14. The van der Waals surface area contributed by atoms with E-state index >= 15 is 0 Å². The molecule has 0 radical (unpaired) electrons. The minimum Gasteiger partial charge on any atom is -0.396 e. The fourth-order valence-corrected chi connectivity index (χ4v) is 2.52. The summed E-state index contributed by atoms with van der Waals surface area (Å²) in [5.41, 5.74) is 0.932. The van der Waals surface area contributed by atoms with Gasteiger partial charge in [0.25, 0.3) is 0 Å². The molecule has 0 aromatic carbocycles. The van der Waals surface area contributed by atoms with Crippen LogP contribution in [0.3, 0.4) is 0 Å². The second-order valence-corrected chi connectivity index (χ2v) is 5.54. The molecule has 18 heavy (non-hydrogen) atoms. The number of aromatic nitrogens is 3. The largest absolute Gasteiger partial charge is 0.396 e. The number of aliphatic hydroxyl groups is 1. The van der Waals surface area contributed by atoms with Gasteiger partial charge in [0.2, 0.25) is 0 Å². The zero-order valence-corrected chi connectivity index (χ0v) is 11.3. The lowest BCUT2D eigenvalue weighted by atomic mass is 10.4. The molecular weight excluding hydrogens is 248 g/mol. The molecule has 0 unspecified atom stereocenters. The summed E-state index contributed by atoms with van der Waals surface area (Å²) in [5.74, 6) is 0. The molecule has 6 heteroatoms. The van der Waals surface area contributed by atoms with Gasteiger partial charge in [-0.25, -0.2) is 0 Å². The molecule has 0 aliphatic rings. The zero-order chi connectivity index (χ0) is 12.8. The van der Waals surface area contributed by atoms with E-state index in [0.29, 0.717) is 13.0 Å². The van der Waals surface area contributed by atoms with Crippen molar-refractivity contribution < 1.29 is 5.11 Å². The number of rotatable bonds is 7. The van der Waals surface area contributed by atoms with Gasteiger partial charge in [0.15, 0.2) is 0 Å². The summed E-state index contributed by atoms with van der Waals surface area (Å²) in [6, 6.07) is 4.28. The Kier molecular flexibility index (Phi) is 4.86. The number of thiophene rings is 1. The third-order valence-corrected chi connectivity index (χ3v) is 3.53. The second kappa shape index (κ2) is 6.63. The topological polar surface area (TPSA) is 63.0 Å². The molecule has 2 heterocycles. The maximum atomic E-state index is 8.73. The fourth-order valence-electron chi connectivity index (χ4n) is 1.66. The third kappa shape index (κ3) is 3.90. The first-order valence-corrected chi connectivity index (χ1v) is 6.85. The molecule has 2 rings (SSSR count). The summed E-state index contributed by atoms with van der Waals surface area (Å²) in [6.45, 7) is 4.60. The van der Waals surface area contributed by atoms with Gasteiger partial charge in [-0.05, 0) is 25.5 Å². The van der Waals surface area contributed by atoms with E-state index in [-0.39, 0.29) is 6.61 Å². The lowest BCUT2D eigenvalue weighted by molar-refractivity contribution is 0.276. The van der Waals surface area contributed by atoms with Gasteiger partial charge >= 0.3 is 0 Å². The minimum atomic E-state index is 0.186. The van der Waals surface area contributed by atoms with Crippen molar-refractivity contribution in [2.24, 2.45) is 0 Å². The van der Waals surface area contributed by atoms with Crippen LogP contribution in [-0.2, 0) is 19.6 Å². The highest BCUT2D eigenvalue weighted by Gasteiger charge is 2.01. The molecule has 0 atom stereocenters. The van der Waals surface area contributed by atoms with Crippen LogP contribution in [0.1, 0.15) is 21.9 Å². The maximum Gasteiger partial charge on any atom is 0.0964 e. The van der Waals surface area contributed by atoms with Crippen molar-refractivity contribution >= 4 is 11.3 Å². The third-order valence-electron chi connectivity index (χ3n) is 2.53. The van der Waals surface area contributed by atoms with Crippen molar-refractivity contribution in [3.05, 3.63) is 33.8 Å². The predicted molar refractivity (Wildman–Crippen MR) is 71.3 cm³/mol. The van der Waals surface area contributed by atoms with Crippen molar-refractivity contribution in [1.29, 1.82) is 0 Å². The number of nitrogens with one attached hydrogen (secondary N) is 1. The normalized spacial score (nSPS) is 11.0. The summed E-state index contributed by atoms with van der Waals surface area (Å²) < 4.78 is 1.77. The Bertz CT molecular complexity index is 480. The van der Waals surface area contributed by atoms with E-state index in [4.69, 9.17) is 5.11 Å². The van der Waals surface area contributed by atoms with Gasteiger partial charge in [-0.1, -0.05) is 5.21 Å². The number of hydrogen-bond donors (Lipinski definition) is 2. The number of nitrogens with zero attached hydrogens (tertiary/aromatic N) is 3. The van der Waals surface area contributed by atoms with E-state index in [1.54, 1.807) is 4.68 Å². The van der Waals surface area contributed by atoms with Crippen LogP contribution in [0.2, 0.25) is 0 Å². The summed E-state index contributed by atoms with van der Waals surface area (Å²) in [4.78, 5) is 2.67. The molecule has 0 saturated heterocycles. The molecule has 0 saturated carbocycles. The van der Waals surface area contributed by atoms with E-state index in [0.717, 1.165) is 18.8 Å². The molecule has 0 aliphatic carbocycles. The summed E-state index contributed by atoms with van der Waals surface area (Å²) >= 11 is 1.81.